The number of aromatic amines is 1. The van der Waals surface area contributed by atoms with Gasteiger partial charge in [0, 0.05) is 12.3 Å². The number of rotatable bonds is 4. The first-order chi connectivity index (χ1) is 6.85. The van der Waals surface area contributed by atoms with Crippen LogP contribution < -0.4 is 0 Å². The summed E-state index contributed by atoms with van der Waals surface area (Å²) < 4.78 is 24.0. The van der Waals surface area contributed by atoms with Gasteiger partial charge in [0.15, 0.2) is 10.6 Å². The van der Waals surface area contributed by atoms with E-state index in [2.05, 4.69) is 10.2 Å². The first kappa shape index (κ1) is 12.3. The van der Waals surface area contributed by atoms with E-state index in [1.807, 2.05) is 0 Å². The molecule has 0 fully saturated rings. The monoisotopic (exact) mass is 251 g/mol. The highest BCUT2D eigenvalue weighted by Crippen LogP contribution is 2.11. The molecular weight excluding hydrogens is 238 g/mol. The van der Waals surface area contributed by atoms with E-state index in [-0.39, 0.29) is 18.4 Å². The molecule has 0 saturated heterocycles. The number of aliphatic hydroxyl groups excluding tert-OH is 1. The summed E-state index contributed by atoms with van der Waals surface area (Å²) in [4.78, 5) is 0. The number of aliphatic hydroxyl groups is 1. The topological polar surface area (TPSA) is 88.0 Å². The number of aromatic nitrogens is 3. The molecular formula is C7H13N3O3S2. The Morgan fingerprint density at radius 2 is 2.27 bits per heavy atom. The third kappa shape index (κ3) is 3.11. The number of hydrogen-bond donors (Lipinski definition) is 2. The van der Waals surface area contributed by atoms with Crippen LogP contribution in [0.5, 0.6) is 0 Å². The van der Waals surface area contributed by atoms with Gasteiger partial charge in [-0.15, -0.1) is 0 Å². The second-order valence-corrected chi connectivity index (χ2v) is 5.99. The van der Waals surface area contributed by atoms with Gasteiger partial charge < -0.3 is 5.11 Å². The zero-order chi connectivity index (χ0) is 11.6. The number of sulfone groups is 1. The summed E-state index contributed by atoms with van der Waals surface area (Å²) in [5.41, 5.74) is 0. The Kier molecular flexibility index (Phi) is 3.63. The summed E-state index contributed by atoms with van der Waals surface area (Å²) in [6.45, 7) is 1.44. The van der Waals surface area contributed by atoms with Crippen LogP contribution in [0.4, 0.5) is 0 Å². The van der Waals surface area contributed by atoms with Crippen molar-refractivity contribution in [2.45, 2.75) is 19.6 Å². The third-order valence-electron chi connectivity index (χ3n) is 1.90. The lowest BCUT2D eigenvalue weighted by Crippen LogP contribution is -2.18. The van der Waals surface area contributed by atoms with Crippen molar-refractivity contribution in [1.29, 1.82) is 0 Å². The molecule has 0 aromatic carbocycles. The molecule has 0 spiro atoms. The van der Waals surface area contributed by atoms with E-state index in [1.165, 1.54) is 4.57 Å². The van der Waals surface area contributed by atoms with Crippen LogP contribution in [0.25, 0.3) is 0 Å². The van der Waals surface area contributed by atoms with Crippen LogP contribution in [-0.4, -0.2) is 40.3 Å². The van der Waals surface area contributed by atoms with Crippen LogP contribution in [0.15, 0.2) is 0 Å². The fraction of sp³-hybridized carbons (Fsp3) is 0.714. The largest absolute Gasteiger partial charge is 0.388 e. The van der Waals surface area contributed by atoms with Crippen LogP contribution in [0, 0.1) is 4.77 Å². The molecule has 0 aliphatic rings. The predicted molar refractivity (Wildman–Crippen MR) is 57.8 cm³/mol. The molecule has 1 heterocycles. The van der Waals surface area contributed by atoms with Gasteiger partial charge in [-0.1, -0.05) is 0 Å². The van der Waals surface area contributed by atoms with Crippen molar-refractivity contribution in [3.8, 4) is 0 Å². The number of hydrogen-bond acceptors (Lipinski definition) is 5. The fourth-order valence-corrected chi connectivity index (χ4v) is 2.77. The van der Waals surface area contributed by atoms with Crippen molar-refractivity contribution in [3.05, 3.63) is 10.6 Å². The second kappa shape index (κ2) is 4.42. The molecule has 0 aliphatic carbocycles. The molecule has 1 rings (SSSR count). The highest BCUT2D eigenvalue weighted by atomic mass is 32.2. The minimum Gasteiger partial charge on any atom is -0.388 e. The molecule has 2 N–H and O–H groups in total. The summed E-state index contributed by atoms with van der Waals surface area (Å²) >= 11 is 4.94. The lowest BCUT2D eigenvalue weighted by molar-refractivity contribution is 0.262. The highest BCUT2D eigenvalue weighted by Gasteiger charge is 2.16. The van der Waals surface area contributed by atoms with Crippen LogP contribution in [0.1, 0.15) is 18.8 Å². The fourth-order valence-electron chi connectivity index (χ4n) is 1.42. The van der Waals surface area contributed by atoms with E-state index < -0.39 is 9.84 Å². The number of H-pyrrole nitrogens is 1. The smallest absolute Gasteiger partial charge is 0.195 e. The minimum atomic E-state index is -3.08. The Bertz CT molecular complexity index is 488. The maximum Gasteiger partial charge on any atom is 0.195 e. The van der Waals surface area contributed by atoms with E-state index in [0.29, 0.717) is 10.6 Å². The van der Waals surface area contributed by atoms with Gasteiger partial charge in [0.05, 0.1) is 5.75 Å². The van der Waals surface area contributed by atoms with Crippen molar-refractivity contribution in [2.75, 3.05) is 12.0 Å². The summed E-state index contributed by atoms with van der Waals surface area (Å²) in [7, 11) is -3.08. The van der Waals surface area contributed by atoms with Crippen LogP contribution >= 0.6 is 12.2 Å². The van der Waals surface area contributed by atoms with Crippen LogP contribution in [0.3, 0.4) is 0 Å². The van der Waals surface area contributed by atoms with Gasteiger partial charge in [-0.3, -0.25) is 9.67 Å². The standard InChI is InChI=1S/C7H13N3O3S2/c1-5(4-15(2,12)13)10-6(3-11)8-9-7(10)14/h5,11H,3-4H2,1-2H3,(H,9,14). The molecule has 0 radical (unpaired) electrons. The summed E-state index contributed by atoms with van der Waals surface area (Å²) in [5.74, 6) is 0.310. The van der Waals surface area contributed by atoms with Crippen molar-refractivity contribution in [2.24, 2.45) is 0 Å². The average Bonchev–Trinajstić information content (AvgIpc) is 2.43. The normalized spacial score (nSPS) is 14.1. The summed E-state index contributed by atoms with van der Waals surface area (Å²) in [6, 6.07) is -0.339. The zero-order valence-electron chi connectivity index (χ0n) is 8.47. The van der Waals surface area contributed by atoms with Crippen molar-refractivity contribution in [1.82, 2.24) is 14.8 Å². The number of nitrogens with one attached hydrogen (secondary N) is 1. The van der Waals surface area contributed by atoms with Crippen LogP contribution in [-0.2, 0) is 16.4 Å². The molecule has 1 aromatic rings. The second-order valence-electron chi connectivity index (χ2n) is 3.41. The van der Waals surface area contributed by atoms with Crippen molar-refractivity contribution < 1.29 is 13.5 Å². The lowest BCUT2D eigenvalue weighted by Gasteiger charge is -2.13. The molecule has 0 saturated carbocycles. The van der Waals surface area contributed by atoms with Crippen molar-refractivity contribution in [3.63, 3.8) is 0 Å². The molecule has 1 unspecified atom stereocenters. The van der Waals surface area contributed by atoms with E-state index in [9.17, 15) is 8.42 Å². The molecule has 15 heavy (non-hydrogen) atoms. The Morgan fingerprint density at radius 1 is 1.67 bits per heavy atom. The Balaban J connectivity index is 3.05. The van der Waals surface area contributed by atoms with Crippen molar-refractivity contribution >= 4 is 22.1 Å². The average molecular weight is 251 g/mol. The number of nitrogens with zero attached hydrogens (tertiary/aromatic N) is 2. The van der Waals surface area contributed by atoms with E-state index in [4.69, 9.17) is 17.3 Å². The summed E-state index contributed by atoms with van der Waals surface area (Å²) in [5, 5.41) is 15.3. The van der Waals surface area contributed by atoms with Gasteiger partial charge in [0.25, 0.3) is 0 Å². The van der Waals surface area contributed by atoms with Gasteiger partial charge in [0.1, 0.15) is 16.4 Å². The Morgan fingerprint density at radius 3 is 2.73 bits per heavy atom. The van der Waals surface area contributed by atoms with Gasteiger partial charge in [-0.05, 0) is 19.1 Å². The van der Waals surface area contributed by atoms with E-state index in [0.717, 1.165) is 6.26 Å². The predicted octanol–water partition coefficient (Wildman–Crippen LogP) is 0.0386. The van der Waals surface area contributed by atoms with E-state index in [1.54, 1.807) is 6.92 Å². The molecule has 1 atom stereocenters. The van der Waals surface area contributed by atoms with E-state index >= 15 is 0 Å². The SMILES string of the molecule is CC(CS(C)(=O)=O)n1c(CO)n[nH]c1=S. The minimum absolute atomic E-state index is 0.0339. The molecule has 86 valence electrons. The molecule has 8 heteroatoms. The maximum atomic E-state index is 11.1. The Hall–Kier alpha value is -0.730. The quantitative estimate of drug-likeness (QED) is 0.738. The molecule has 1 aromatic heterocycles. The molecule has 0 bridgehead atoms. The molecule has 0 aliphatic heterocycles. The zero-order valence-corrected chi connectivity index (χ0v) is 10.1. The molecule has 6 nitrogen and oxygen atoms in total. The van der Waals surface area contributed by atoms with Crippen LogP contribution in [0.2, 0.25) is 0 Å². The van der Waals surface area contributed by atoms with Gasteiger partial charge in [0.2, 0.25) is 0 Å². The Labute approximate surface area is 92.9 Å². The molecule has 0 amide bonds. The first-order valence-corrected chi connectivity index (χ1v) is 6.76. The summed E-state index contributed by atoms with van der Waals surface area (Å²) in [6.07, 6.45) is 1.16. The van der Waals surface area contributed by atoms with Gasteiger partial charge >= 0.3 is 0 Å². The lowest BCUT2D eigenvalue weighted by atomic mass is 10.4. The first-order valence-electron chi connectivity index (χ1n) is 4.29. The van der Waals surface area contributed by atoms with Gasteiger partial charge in [-0.25, -0.2) is 8.42 Å². The maximum absolute atomic E-state index is 11.1. The highest BCUT2D eigenvalue weighted by molar-refractivity contribution is 7.90. The van der Waals surface area contributed by atoms with Gasteiger partial charge in [-0.2, -0.15) is 5.10 Å². The third-order valence-corrected chi connectivity index (χ3v) is 3.28.